The van der Waals surface area contributed by atoms with Crippen molar-refractivity contribution in [2.24, 2.45) is 7.05 Å². The summed E-state index contributed by atoms with van der Waals surface area (Å²) in [6.45, 7) is 2.15. The van der Waals surface area contributed by atoms with Gasteiger partial charge in [0.15, 0.2) is 0 Å². The largest absolute Gasteiger partial charge is 0.494 e. The van der Waals surface area contributed by atoms with Crippen LogP contribution in [-0.4, -0.2) is 36.7 Å². The van der Waals surface area contributed by atoms with Gasteiger partial charge in [-0.3, -0.25) is 0 Å². The van der Waals surface area contributed by atoms with Gasteiger partial charge in [-0.05, 0) is 47.2 Å². The van der Waals surface area contributed by atoms with Gasteiger partial charge < -0.3 is 9.47 Å². The lowest BCUT2D eigenvalue weighted by atomic mass is 10.1. The number of methoxy groups -OCH3 is 1. The van der Waals surface area contributed by atoms with E-state index in [9.17, 15) is 4.79 Å². The lowest BCUT2D eigenvalue weighted by Crippen LogP contribution is -2.23. The molecule has 0 radical (unpaired) electrons. The first-order valence-corrected chi connectivity index (χ1v) is 9.46. The number of hydrogen-bond acceptors (Lipinski definition) is 6. The summed E-state index contributed by atoms with van der Waals surface area (Å²) in [7, 11) is 3.14. The fraction of sp³-hybridized carbons (Fsp3) is 0.200. The smallest absolute Gasteiger partial charge is 0.368 e. The quantitative estimate of drug-likeness (QED) is 0.471. The van der Waals surface area contributed by atoms with Crippen LogP contribution in [0.15, 0.2) is 53.5 Å². The van der Waals surface area contributed by atoms with Crippen LogP contribution in [0.1, 0.15) is 11.1 Å². The van der Waals surface area contributed by atoms with Gasteiger partial charge in [0.25, 0.3) is 0 Å². The zero-order valence-electron chi connectivity index (χ0n) is 16.6. The molecule has 4 rings (SSSR count). The minimum absolute atomic E-state index is 0.203. The summed E-state index contributed by atoms with van der Waals surface area (Å²) in [5, 5.41) is 12.7. The Hall–Kier alpha value is -3.59. The van der Waals surface area contributed by atoms with E-state index in [0.717, 1.165) is 11.1 Å². The molecule has 0 aliphatic carbocycles. The second-order valence-corrected chi connectivity index (χ2v) is 7.01. The average molecular weight is 427 g/mol. The van der Waals surface area contributed by atoms with Crippen LogP contribution < -0.4 is 15.2 Å². The molecule has 10 heteroatoms. The first kappa shape index (κ1) is 19.7. The van der Waals surface area contributed by atoms with Gasteiger partial charge in [-0.25, -0.2) is 9.48 Å². The predicted molar refractivity (Wildman–Crippen MR) is 111 cm³/mol. The molecule has 2 aromatic heterocycles. The highest BCUT2D eigenvalue weighted by molar-refractivity contribution is 6.30. The van der Waals surface area contributed by atoms with Gasteiger partial charge in [0.2, 0.25) is 5.88 Å². The van der Waals surface area contributed by atoms with Crippen molar-refractivity contribution in [1.82, 2.24) is 29.6 Å². The van der Waals surface area contributed by atoms with Gasteiger partial charge >= 0.3 is 5.69 Å². The normalized spacial score (nSPS) is 10.9. The van der Waals surface area contributed by atoms with Crippen molar-refractivity contribution in [3.05, 3.63) is 75.3 Å². The number of halogens is 1. The fourth-order valence-electron chi connectivity index (χ4n) is 3.04. The molecule has 2 aromatic carbocycles. The van der Waals surface area contributed by atoms with Gasteiger partial charge in [0.1, 0.15) is 18.0 Å². The maximum absolute atomic E-state index is 12.3. The topological polar surface area (TPSA) is 89.0 Å². The molecule has 0 saturated carbocycles. The lowest BCUT2D eigenvalue weighted by Gasteiger charge is -2.12. The standard InChI is InChI=1S/C20H19ClN6O3/c1-13-5-4-6-16(27-20(28)25(2)23-24-27)15(13)12-30-19-9-10-26(22-19)17-11-14(21)7-8-18(17)29-3/h4-11H,12H2,1-3H3. The Bertz CT molecular complexity index is 1260. The Kier molecular flexibility index (Phi) is 5.28. The molecule has 9 nitrogen and oxygen atoms in total. The van der Waals surface area contributed by atoms with Gasteiger partial charge in [-0.2, -0.15) is 9.36 Å². The molecule has 0 saturated heterocycles. The predicted octanol–water partition coefficient (Wildman–Crippen LogP) is 2.70. The maximum atomic E-state index is 12.3. The highest BCUT2D eigenvalue weighted by atomic mass is 35.5. The number of nitrogens with zero attached hydrogens (tertiary/aromatic N) is 6. The van der Waals surface area contributed by atoms with Crippen molar-refractivity contribution in [3.8, 4) is 23.0 Å². The number of tetrazole rings is 1. The molecule has 4 aromatic rings. The minimum Gasteiger partial charge on any atom is -0.494 e. The molecule has 30 heavy (non-hydrogen) atoms. The Labute approximate surface area is 177 Å². The average Bonchev–Trinajstić information content (AvgIpc) is 3.34. The molecule has 0 unspecified atom stereocenters. The van der Waals surface area contributed by atoms with Crippen LogP contribution in [0, 0.1) is 6.92 Å². The Balaban J connectivity index is 1.61. The van der Waals surface area contributed by atoms with Crippen LogP contribution >= 0.6 is 11.6 Å². The summed E-state index contributed by atoms with van der Waals surface area (Å²) in [6.07, 6.45) is 1.76. The van der Waals surface area contributed by atoms with Crippen LogP contribution in [0.2, 0.25) is 5.02 Å². The van der Waals surface area contributed by atoms with E-state index in [1.54, 1.807) is 55.4 Å². The van der Waals surface area contributed by atoms with Gasteiger partial charge in [0, 0.05) is 29.9 Å². The van der Waals surface area contributed by atoms with E-state index in [4.69, 9.17) is 21.1 Å². The highest BCUT2D eigenvalue weighted by Crippen LogP contribution is 2.27. The lowest BCUT2D eigenvalue weighted by molar-refractivity contribution is 0.290. The molecule has 154 valence electrons. The number of aryl methyl sites for hydroxylation is 2. The van der Waals surface area contributed by atoms with Crippen molar-refractivity contribution < 1.29 is 9.47 Å². The van der Waals surface area contributed by atoms with Crippen molar-refractivity contribution in [2.45, 2.75) is 13.5 Å². The number of aromatic nitrogens is 6. The fourth-order valence-corrected chi connectivity index (χ4v) is 3.21. The van der Waals surface area contributed by atoms with Crippen LogP contribution in [0.4, 0.5) is 0 Å². The molecular weight excluding hydrogens is 408 g/mol. The first-order chi connectivity index (χ1) is 14.5. The second kappa shape index (κ2) is 8.03. The van der Waals surface area contributed by atoms with Crippen molar-refractivity contribution >= 4 is 11.6 Å². The summed E-state index contributed by atoms with van der Waals surface area (Å²) >= 11 is 6.11. The second-order valence-electron chi connectivity index (χ2n) is 6.57. The van der Waals surface area contributed by atoms with Crippen molar-refractivity contribution in [1.29, 1.82) is 0 Å². The third-order valence-electron chi connectivity index (χ3n) is 4.65. The maximum Gasteiger partial charge on any atom is 0.368 e. The molecule has 0 amide bonds. The molecule has 0 N–H and O–H groups in total. The molecule has 0 aliphatic rings. The number of hydrogen-bond donors (Lipinski definition) is 0. The van der Waals surface area contributed by atoms with Crippen LogP contribution in [0.3, 0.4) is 0 Å². The van der Waals surface area contributed by atoms with Crippen molar-refractivity contribution in [3.63, 3.8) is 0 Å². The van der Waals surface area contributed by atoms with Crippen LogP contribution in [-0.2, 0) is 13.7 Å². The molecular formula is C20H19ClN6O3. The third kappa shape index (κ3) is 3.67. The molecule has 0 atom stereocenters. The number of benzene rings is 2. The van der Waals surface area contributed by atoms with E-state index in [2.05, 4.69) is 15.5 Å². The number of ether oxygens (including phenoxy) is 2. The minimum atomic E-state index is -0.334. The molecule has 0 bridgehead atoms. The summed E-state index contributed by atoms with van der Waals surface area (Å²) in [4.78, 5) is 12.3. The van der Waals surface area contributed by atoms with E-state index in [-0.39, 0.29) is 12.3 Å². The van der Waals surface area contributed by atoms with Crippen LogP contribution in [0.5, 0.6) is 11.6 Å². The number of rotatable bonds is 6. The van der Waals surface area contributed by atoms with E-state index in [1.165, 1.54) is 9.36 Å². The van der Waals surface area contributed by atoms with E-state index in [0.29, 0.717) is 28.0 Å². The monoisotopic (exact) mass is 426 g/mol. The highest BCUT2D eigenvalue weighted by Gasteiger charge is 2.15. The summed E-state index contributed by atoms with van der Waals surface area (Å²) in [5.41, 5.74) is 2.75. The van der Waals surface area contributed by atoms with E-state index >= 15 is 0 Å². The molecule has 0 spiro atoms. The summed E-state index contributed by atoms with van der Waals surface area (Å²) in [6, 6.07) is 12.6. The van der Waals surface area contributed by atoms with E-state index in [1.807, 2.05) is 19.1 Å². The SMILES string of the molecule is COc1ccc(Cl)cc1-n1ccc(OCc2c(C)cccc2-n2nnn(C)c2=O)n1. The zero-order chi connectivity index (χ0) is 21.3. The summed E-state index contributed by atoms with van der Waals surface area (Å²) < 4.78 is 15.3. The molecule has 0 aliphatic heterocycles. The van der Waals surface area contributed by atoms with Gasteiger partial charge in [-0.15, -0.1) is 5.10 Å². The Morgan fingerprint density at radius 2 is 1.93 bits per heavy atom. The first-order valence-electron chi connectivity index (χ1n) is 9.08. The zero-order valence-corrected chi connectivity index (χ0v) is 17.4. The molecule has 0 fully saturated rings. The molecule has 2 heterocycles. The van der Waals surface area contributed by atoms with Crippen molar-refractivity contribution in [2.75, 3.05) is 7.11 Å². The third-order valence-corrected chi connectivity index (χ3v) is 4.89. The summed E-state index contributed by atoms with van der Waals surface area (Å²) in [5.74, 6) is 1.05. The van der Waals surface area contributed by atoms with Gasteiger partial charge in [-0.1, -0.05) is 23.7 Å². The Morgan fingerprint density at radius 3 is 2.67 bits per heavy atom. The van der Waals surface area contributed by atoms with Crippen LogP contribution in [0.25, 0.3) is 11.4 Å². The van der Waals surface area contributed by atoms with E-state index < -0.39 is 0 Å². The van der Waals surface area contributed by atoms with Gasteiger partial charge in [0.05, 0.1) is 12.8 Å². The Morgan fingerprint density at radius 1 is 1.10 bits per heavy atom.